The van der Waals surface area contributed by atoms with E-state index in [0.29, 0.717) is 0 Å². The molecule has 2 rings (SSSR count). The number of nitrogens with zero attached hydrogens (tertiary/aromatic N) is 2. The summed E-state index contributed by atoms with van der Waals surface area (Å²) in [7, 11) is 0. The predicted molar refractivity (Wildman–Crippen MR) is 172 cm³/mol. The van der Waals surface area contributed by atoms with E-state index in [9.17, 15) is 0 Å². The lowest BCUT2D eigenvalue weighted by Gasteiger charge is -2.06. The molecule has 1 heterocycles. The van der Waals surface area contributed by atoms with Gasteiger partial charge in [-0.2, -0.15) is 0 Å². The van der Waals surface area contributed by atoms with Gasteiger partial charge in [0.1, 0.15) is 0 Å². The van der Waals surface area contributed by atoms with Crippen LogP contribution in [0, 0.1) is 5.92 Å². The second-order valence-corrected chi connectivity index (χ2v) is 12.5. The molecule has 0 bridgehead atoms. The third-order valence-corrected chi connectivity index (χ3v) is 8.23. The van der Waals surface area contributed by atoms with Gasteiger partial charge in [-0.3, -0.25) is 0 Å². The van der Waals surface area contributed by atoms with Crippen molar-refractivity contribution in [1.82, 2.24) is 9.97 Å². The molecule has 0 aliphatic heterocycles. The SMILES string of the molecule is CCCCCCCCCCCCCCCc1ccc(-c2ncc(CCCCCCCCCC(C)C)cn2)cc1. The molecule has 0 spiro atoms. The van der Waals surface area contributed by atoms with Crippen LogP contribution < -0.4 is 0 Å². The fourth-order valence-corrected chi connectivity index (χ4v) is 5.57. The van der Waals surface area contributed by atoms with Gasteiger partial charge in [0.05, 0.1) is 0 Å². The van der Waals surface area contributed by atoms with Gasteiger partial charge in [-0.15, -0.1) is 0 Å². The Bertz CT molecular complexity index is 793. The van der Waals surface area contributed by atoms with E-state index in [1.165, 1.54) is 152 Å². The molecule has 0 N–H and O–H groups in total. The molecule has 2 aromatic rings. The molecule has 220 valence electrons. The van der Waals surface area contributed by atoms with Crippen LogP contribution in [0.15, 0.2) is 36.7 Å². The van der Waals surface area contributed by atoms with E-state index >= 15 is 0 Å². The van der Waals surface area contributed by atoms with E-state index in [4.69, 9.17) is 0 Å². The van der Waals surface area contributed by atoms with Crippen LogP contribution in [-0.2, 0) is 12.8 Å². The summed E-state index contributed by atoms with van der Waals surface area (Å²) in [6, 6.07) is 8.95. The van der Waals surface area contributed by atoms with Crippen LogP contribution in [-0.4, -0.2) is 9.97 Å². The number of unbranched alkanes of at least 4 members (excludes halogenated alkanes) is 18. The van der Waals surface area contributed by atoms with Crippen molar-refractivity contribution < 1.29 is 0 Å². The average Bonchev–Trinajstić information content (AvgIpc) is 2.95. The first-order valence-electron chi connectivity index (χ1n) is 17.1. The Balaban J connectivity index is 1.49. The Morgan fingerprint density at radius 2 is 0.897 bits per heavy atom. The molecule has 0 saturated carbocycles. The Hall–Kier alpha value is -1.70. The van der Waals surface area contributed by atoms with Crippen molar-refractivity contribution in [3.8, 4) is 11.4 Å². The molecule has 0 aliphatic rings. The van der Waals surface area contributed by atoms with Crippen molar-refractivity contribution in [2.24, 2.45) is 5.92 Å². The molecular formula is C37H62N2. The monoisotopic (exact) mass is 534 g/mol. The van der Waals surface area contributed by atoms with Gasteiger partial charge < -0.3 is 0 Å². The van der Waals surface area contributed by atoms with E-state index in [-0.39, 0.29) is 0 Å². The first-order chi connectivity index (χ1) is 19.2. The predicted octanol–water partition coefficient (Wildman–Crippen LogP) is 12.1. The second-order valence-electron chi connectivity index (χ2n) is 12.5. The van der Waals surface area contributed by atoms with Crippen LogP contribution in [0.4, 0.5) is 0 Å². The van der Waals surface area contributed by atoms with Gasteiger partial charge in [-0.1, -0.05) is 167 Å². The molecule has 0 radical (unpaired) electrons. The summed E-state index contributed by atoms with van der Waals surface area (Å²) in [5.41, 5.74) is 3.85. The summed E-state index contributed by atoms with van der Waals surface area (Å²) < 4.78 is 0. The molecule has 1 aromatic heterocycles. The fourth-order valence-electron chi connectivity index (χ4n) is 5.57. The fraction of sp³-hybridized carbons (Fsp3) is 0.730. The van der Waals surface area contributed by atoms with E-state index in [1.807, 2.05) is 12.4 Å². The van der Waals surface area contributed by atoms with E-state index in [2.05, 4.69) is 55.0 Å². The van der Waals surface area contributed by atoms with Gasteiger partial charge in [0.15, 0.2) is 5.82 Å². The topological polar surface area (TPSA) is 25.8 Å². The number of rotatable bonds is 25. The lowest BCUT2D eigenvalue weighted by Crippen LogP contribution is -1.94. The Morgan fingerprint density at radius 3 is 1.36 bits per heavy atom. The van der Waals surface area contributed by atoms with E-state index in [1.54, 1.807) is 0 Å². The lowest BCUT2D eigenvalue weighted by molar-refractivity contribution is 0.509. The van der Waals surface area contributed by atoms with Crippen molar-refractivity contribution >= 4 is 0 Å². The first-order valence-corrected chi connectivity index (χ1v) is 17.1. The van der Waals surface area contributed by atoms with Gasteiger partial charge in [0, 0.05) is 18.0 Å². The van der Waals surface area contributed by atoms with Crippen molar-refractivity contribution in [3.63, 3.8) is 0 Å². The molecule has 39 heavy (non-hydrogen) atoms. The van der Waals surface area contributed by atoms with E-state index < -0.39 is 0 Å². The minimum atomic E-state index is 0.854. The maximum Gasteiger partial charge on any atom is 0.159 e. The highest BCUT2D eigenvalue weighted by Gasteiger charge is 2.03. The highest BCUT2D eigenvalue weighted by Crippen LogP contribution is 2.19. The zero-order valence-electron chi connectivity index (χ0n) is 26.2. The average molecular weight is 535 g/mol. The minimum Gasteiger partial charge on any atom is -0.236 e. The second kappa shape index (κ2) is 23.0. The largest absolute Gasteiger partial charge is 0.236 e. The lowest BCUT2D eigenvalue weighted by atomic mass is 10.0. The van der Waals surface area contributed by atoms with Crippen LogP contribution in [0.1, 0.15) is 167 Å². The van der Waals surface area contributed by atoms with Crippen LogP contribution in [0.5, 0.6) is 0 Å². The standard InChI is InChI=1S/C37H62N2/c1-4-5-6-7-8-9-10-11-12-13-16-19-22-25-34-27-29-36(30-28-34)37-38-31-35(32-39-37)26-23-20-17-14-15-18-21-24-33(2)3/h27-33H,4-26H2,1-3H3. The van der Waals surface area contributed by atoms with Gasteiger partial charge in [0.2, 0.25) is 0 Å². The third-order valence-electron chi connectivity index (χ3n) is 8.23. The van der Waals surface area contributed by atoms with Gasteiger partial charge in [0.25, 0.3) is 0 Å². The van der Waals surface area contributed by atoms with Crippen molar-refractivity contribution in [2.45, 2.75) is 168 Å². The summed E-state index contributed by atoms with van der Waals surface area (Å²) in [5.74, 6) is 1.71. The molecule has 0 fully saturated rings. The molecule has 2 heteroatoms. The first kappa shape index (κ1) is 33.5. The Kier molecular flexibility index (Phi) is 19.8. The van der Waals surface area contributed by atoms with Crippen molar-refractivity contribution in [3.05, 3.63) is 47.8 Å². The maximum absolute atomic E-state index is 4.67. The molecule has 0 saturated heterocycles. The van der Waals surface area contributed by atoms with Gasteiger partial charge in [-0.05, 0) is 42.7 Å². The van der Waals surface area contributed by atoms with Crippen LogP contribution >= 0.6 is 0 Å². The zero-order chi connectivity index (χ0) is 27.8. The van der Waals surface area contributed by atoms with Crippen LogP contribution in [0.3, 0.4) is 0 Å². The smallest absolute Gasteiger partial charge is 0.159 e. The Morgan fingerprint density at radius 1 is 0.487 bits per heavy atom. The number of hydrogen-bond acceptors (Lipinski definition) is 2. The Labute approximate surface area is 243 Å². The molecule has 2 nitrogen and oxygen atoms in total. The number of benzene rings is 1. The molecular weight excluding hydrogens is 472 g/mol. The third kappa shape index (κ3) is 17.6. The minimum absolute atomic E-state index is 0.854. The summed E-state index contributed by atoms with van der Waals surface area (Å²) in [6.07, 6.45) is 35.7. The highest BCUT2D eigenvalue weighted by molar-refractivity contribution is 5.55. The molecule has 1 aromatic carbocycles. The summed E-state index contributed by atoms with van der Waals surface area (Å²) in [5, 5.41) is 0. The number of aryl methyl sites for hydroxylation is 2. The summed E-state index contributed by atoms with van der Waals surface area (Å²) >= 11 is 0. The zero-order valence-corrected chi connectivity index (χ0v) is 26.2. The number of hydrogen-bond donors (Lipinski definition) is 0. The molecule has 0 amide bonds. The molecule has 0 aliphatic carbocycles. The van der Waals surface area contributed by atoms with Crippen molar-refractivity contribution in [2.75, 3.05) is 0 Å². The molecule has 0 unspecified atom stereocenters. The van der Waals surface area contributed by atoms with Crippen LogP contribution in [0.2, 0.25) is 0 Å². The molecule has 0 atom stereocenters. The number of aromatic nitrogens is 2. The van der Waals surface area contributed by atoms with Crippen molar-refractivity contribution in [1.29, 1.82) is 0 Å². The highest BCUT2D eigenvalue weighted by atomic mass is 14.9. The quantitative estimate of drug-likeness (QED) is 0.118. The summed E-state index contributed by atoms with van der Waals surface area (Å²) in [4.78, 5) is 9.34. The van der Waals surface area contributed by atoms with Crippen LogP contribution in [0.25, 0.3) is 11.4 Å². The normalized spacial score (nSPS) is 11.5. The maximum atomic E-state index is 4.67. The summed E-state index contributed by atoms with van der Waals surface area (Å²) in [6.45, 7) is 6.95. The van der Waals surface area contributed by atoms with Gasteiger partial charge in [-0.25, -0.2) is 9.97 Å². The van der Waals surface area contributed by atoms with Gasteiger partial charge >= 0.3 is 0 Å². The van der Waals surface area contributed by atoms with E-state index in [0.717, 1.165) is 23.7 Å².